The van der Waals surface area contributed by atoms with E-state index in [1.807, 2.05) is 0 Å². The Hall–Kier alpha value is -0.810. The Morgan fingerprint density at radius 1 is 1.20 bits per heavy atom. The molecule has 0 amide bonds. The Kier molecular flexibility index (Phi) is 3.11. The minimum Gasteiger partial charge on any atom is -0.480 e. The third-order valence-corrected chi connectivity index (χ3v) is 1.19. The van der Waals surface area contributed by atoms with E-state index in [1.54, 1.807) is 0 Å². The van der Waals surface area contributed by atoms with Crippen molar-refractivity contribution in [3.05, 3.63) is 0 Å². The van der Waals surface area contributed by atoms with Crippen LogP contribution < -0.4 is 0 Å². The second kappa shape index (κ2) is 3.38. The van der Waals surface area contributed by atoms with Gasteiger partial charge in [-0.05, 0) is 0 Å². The van der Waals surface area contributed by atoms with E-state index < -0.39 is 23.4 Å². The predicted octanol–water partition coefficient (Wildman–Crippen LogP) is -0.876. The summed E-state index contributed by atoms with van der Waals surface area (Å²) in [5, 5.41) is 22.7. The van der Waals surface area contributed by atoms with Gasteiger partial charge < -0.3 is 15.3 Å². The molecule has 0 fully saturated rings. The van der Waals surface area contributed by atoms with Gasteiger partial charge in [-0.2, -0.15) is 0 Å². The molecule has 58 valence electrons. The standard InChI is InChI=1S/C4H5ClO5/c5-1(3(7)8)2(6)4(9)10/h1-2,6H,(H,7,8)(H,9,10)/t1-,2-/m0/s1. The molecular formula is C4H5ClO5. The van der Waals surface area contributed by atoms with Gasteiger partial charge in [0, 0.05) is 0 Å². The Morgan fingerprint density at radius 3 is 1.70 bits per heavy atom. The number of aliphatic carboxylic acids is 2. The van der Waals surface area contributed by atoms with Crippen molar-refractivity contribution >= 4 is 23.5 Å². The summed E-state index contributed by atoms with van der Waals surface area (Å²) in [4.78, 5) is 19.7. The molecule has 0 saturated carbocycles. The van der Waals surface area contributed by atoms with Crippen LogP contribution in [-0.2, 0) is 9.59 Å². The van der Waals surface area contributed by atoms with Crippen molar-refractivity contribution in [2.75, 3.05) is 0 Å². The van der Waals surface area contributed by atoms with Crippen LogP contribution in [0.25, 0.3) is 0 Å². The van der Waals surface area contributed by atoms with E-state index in [0.717, 1.165) is 0 Å². The zero-order valence-electron chi connectivity index (χ0n) is 4.69. The van der Waals surface area contributed by atoms with Gasteiger partial charge in [-0.15, -0.1) is 11.6 Å². The van der Waals surface area contributed by atoms with Crippen LogP contribution >= 0.6 is 11.6 Å². The van der Waals surface area contributed by atoms with Crippen molar-refractivity contribution in [3.8, 4) is 0 Å². The molecule has 0 aromatic heterocycles. The van der Waals surface area contributed by atoms with E-state index in [9.17, 15) is 9.59 Å². The van der Waals surface area contributed by atoms with E-state index in [-0.39, 0.29) is 0 Å². The summed E-state index contributed by atoms with van der Waals surface area (Å²) in [6.07, 6.45) is -2.06. The lowest BCUT2D eigenvalue weighted by Crippen LogP contribution is -2.35. The predicted molar refractivity (Wildman–Crippen MR) is 30.9 cm³/mol. The number of halogens is 1. The third kappa shape index (κ3) is 2.20. The number of rotatable bonds is 3. The number of hydrogen-bond acceptors (Lipinski definition) is 3. The summed E-state index contributed by atoms with van der Waals surface area (Å²) >= 11 is 4.93. The van der Waals surface area contributed by atoms with Gasteiger partial charge in [-0.1, -0.05) is 0 Å². The largest absolute Gasteiger partial charge is 0.480 e. The maximum absolute atomic E-state index is 9.89. The monoisotopic (exact) mass is 168 g/mol. The topological polar surface area (TPSA) is 94.8 Å². The molecule has 0 rings (SSSR count). The molecule has 0 aliphatic heterocycles. The Labute approximate surface area is 60.8 Å². The second-order valence-corrected chi connectivity index (χ2v) is 1.99. The van der Waals surface area contributed by atoms with Gasteiger partial charge in [0.25, 0.3) is 0 Å². The molecule has 6 heteroatoms. The van der Waals surface area contributed by atoms with Crippen LogP contribution in [0.1, 0.15) is 0 Å². The number of alkyl halides is 1. The number of aliphatic hydroxyl groups is 1. The first-order chi connectivity index (χ1) is 4.46. The number of carbonyl (C=O) groups is 2. The van der Waals surface area contributed by atoms with Crippen molar-refractivity contribution in [1.29, 1.82) is 0 Å². The van der Waals surface area contributed by atoms with Gasteiger partial charge in [0.2, 0.25) is 0 Å². The van der Waals surface area contributed by atoms with E-state index in [2.05, 4.69) is 0 Å². The highest BCUT2D eigenvalue weighted by atomic mass is 35.5. The molecule has 0 spiro atoms. The van der Waals surface area contributed by atoms with Crippen LogP contribution in [0.2, 0.25) is 0 Å². The summed E-state index contributed by atoms with van der Waals surface area (Å²) in [6.45, 7) is 0. The summed E-state index contributed by atoms with van der Waals surface area (Å²) in [6, 6.07) is 0. The molecule has 0 bridgehead atoms. The molecule has 3 N–H and O–H groups in total. The normalized spacial score (nSPS) is 15.8. The van der Waals surface area contributed by atoms with Crippen molar-refractivity contribution in [3.63, 3.8) is 0 Å². The van der Waals surface area contributed by atoms with Crippen LogP contribution in [0.4, 0.5) is 0 Å². The van der Waals surface area contributed by atoms with Crippen LogP contribution in [0.5, 0.6) is 0 Å². The van der Waals surface area contributed by atoms with E-state index in [1.165, 1.54) is 0 Å². The Bertz CT molecular complexity index is 138. The Balaban J connectivity index is 4.07. The second-order valence-electron chi connectivity index (χ2n) is 1.52. The minimum atomic E-state index is -2.06. The summed E-state index contributed by atoms with van der Waals surface area (Å²) in [5.41, 5.74) is 0. The van der Waals surface area contributed by atoms with Gasteiger partial charge in [0.15, 0.2) is 11.5 Å². The number of aliphatic hydroxyl groups excluding tert-OH is 1. The van der Waals surface area contributed by atoms with E-state index in [4.69, 9.17) is 26.9 Å². The minimum absolute atomic E-state index is 1.56. The van der Waals surface area contributed by atoms with Gasteiger partial charge in [0.05, 0.1) is 0 Å². The molecule has 0 aliphatic carbocycles. The molecule has 0 aromatic carbocycles. The van der Waals surface area contributed by atoms with Crippen LogP contribution in [0.15, 0.2) is 0 Å². The van der Waals surface area contributed by atoms with Crippen LogP contribution in [0.3, 0.4) is 0 Å². The number of hydrogen-bond donors (Lipinski definition) is 3. The number of carboxylic acids is 2. The molecular weight excluding hydrogens is 163 g/mol. The highest BCUT2D eigenvalue weighted by molar-refractivity contribution is 6.31. The average molecular weight is 169 g/mol. The maximum atomic E-state index is 9.89. The Morgan fingerprint density at radius 2 is 1.60 bits per heavy atom. The van der Waals surface area contributed by atoms with Gasteiger partial charge in [0.1, 0.15) is 0 Å². The fourth-order valence-corrected chi connectivity index (χ4v) is 0.368. The molecule has 0 unspecified atom stereocenters. The van der Waals surface area contributed by atoms with E-state index >= 15 is 0 Å². The quantitative estimate of drug-likeness (QED) is 0.476. The number of carboxylic acid groups (broad SMARTS) is 2. The molecule has 2 atom stereocenters. The smallest absolute Gasteiger partial charge is 0.334 e. The van der Waals surface area contributed by atoms with Crippen LogP contribution in [0, 0.1) is 0 Å². The molecule has 0 saturated heterocycles. The third-order valence-electron chi connectivity index (χ3n) is 0.766. The summed E-state index contributed by atoms with van der Waals surface area (Å²) in [5.74, 6) is -3.21. The molecule has 10 heavy (non-hydrogen) atoms. The lowest BCUT2D eigenvalue weighted by atomic mass is 10.2. The van der Waals surface area contributed by atoms with Crippen molar-refractivity contribution < 1.29 is 24.9 Å². The first-order valence-corrected chi connectivity index (χ1v) is 2.68. The van der Waals surface area contributed by atoms with Gasteiger partial charge in [-0.3, -0.25) is 4.79 Å². The van der Waals surface area contributed by atoms with Gasteiger partial charge in [-0.25, -0.2) is 4.79 Å². The van der Waals surface area contributed by atoms with Gasteiger partial charge >= 0.3 is 11.9 Å². The first-order valence-electron chi connectivity index (χ1n) is 2.24. The highest BCUT2D eigenvalue weighted by Gasteiger charge is 2.29. The lowest BCUT2D eigenvalue weighted by molar-refractivity contribution is -0.152. The molecule has 0 aromatic rings. The lowest BCUT2D eigenvalue weighted by Gasteiger charge is -2.06. The fourth-order valence-electron chi connectivity index (χ4n) is 0.260. The van der Waals surface area contributed by atoms with E-state index in [0.29, 0.717) is 0 Å². The summed E-state index contributed by atoms with van der Waals surface area (Å²) < 4.78 is 0. The van der Waals surface area contributed by atoms with Crippen molar-refractivity contribution in [1.82, 2.24) is 0 Å². The maximum Gasteiger partial charge on any atom is 0.334 e. The van der Waals surface area contributed by atoms with Crippen LogP contribution in [-0.4, -0.2) is 38.7 Å². The van der Waals surface area contributed by atoms with Crippen molar-refractivity contribution in [2.24, 2.45) is 0 Å². The summed E-state index contributed by atoms with van der Waals surface area (Å²) in [7, 11) is 0. The fraction of sp³-hybridized carbons (Fsp3) is 0.500. The zero-order valence-corrected chi connectivity index (χ0v) is 5.45. The SMILES string of the molecule is O=C(O)[C@@H](O)[C@H](Cl)C(=O)O. The average Bonchev–Trinajstić information content (AvgIpc) is 1.84. The molecule has 0 aliphatic rings. The van der Waals surface area contributed by atoms with Crippen molar-refractivity contribution in [2.45, 2.75) is 11.5 Å². The molecule has 0 heterocycles. The highest BCUT2D eigenvalue weighted by Crippen LogP contribution is 2.02. The zero-order chi connectivity index (χ0) is 8.31. The molecule has 5 nitrogen and oxygen atoms in total. The molecule has 0 radical (unpaired) electrons. The first kappa shape index (κ1) is 9.19.